The Bertz CT molecular complexity index is 136. The largest absolute Gasteiger partial charge is 0.0651 e. The topological polar surface area (TPSA) is 0 Å². The van der Waals surface area contributed by atoms with Crippen LogP contribution in [0.3, 0.4) is 0 Å². The number of hydrogen-bond donors (Lipinski definition) is 0. The van der Waals surface area contributed by atoms with E-state index in [4.69, 9.17) is 0 Å². The van der Waals surface area contributed by atoms with E-state index >= 15 is 0 Å². The molecule has 0 amide bonds. The van der Waals surface area contributed by atoms with E-state index in [2.05, 4.69) is 55.4 Å². The minimum atomic E-state index is 0.426. The molecule has 0 unspecified atom stereocenters. The predicted octanol–water partition coefficient (Wildman–Crippen LogP) is 5.13. The van der Waals surface area contributed by atoms with Crippen molar-refractivity contribution in [3.8, 4) is 0 Å². The highest BCUT2D eigenvalue weighted by Gasteiger charge is 2.38. The predicted molar refractivity (Wildman–Crippen MR) is 66.5 cm³/mol. The Labute approximate surface area is 91.5 Å². The summed E-state index contributed by atoms with van der Waals surface area (Å²) in [6.07, 6.45) is 2.63. The molecule has 86 valence electrons. The Morgan fingerprint density at radius 2 is 1.00 bits per heavy atom. The maximum Gasteiger partial charge on any atom is -0.0288 e. The van der Waals surface area contributed by atoms with Gasteiger partial charge in [0, 0.05) is 0 Å². The molecule has 0 saturated heterocycles. The average Bonchev–Trinajstić information content (AvgIpc) is 1.94. The van der Waals surface area contributed by atoms with Gasteiger partial charge in [0.25, 0.3) is 0 Å². The third kappa shape index (κ3) is 3.63. The highest BCUT2D eigenvalue weighted by Crippen LogP contribution is 2.46. The van der Waals surface area contributed by atoms with Crippen LogP contribution in [-0.4, -0.2) is 0 Å². The van der Waals surface area contributed by atoms with E-state index in [1.807, 2.05) is 0 Å². The van der Waals surface area contributed by atoms with E-state index < -0.39 is 0 Å². The fourth-order valence-electron chi connectivity index (χ4n) is 3.47. The van der Waals surface area contributed by atoms with Gasteiger partial charge < -0.3 is 0 Å². The second-order valence-corrected chi connectivity index (χ2v) is 6.79. The van der Waals surface area contributed by atoms with E-state index in [0.717, 1.165) is 11.8 Å². The molecular formula is C14H30. The normalized spacial score (nSPS) is 14.1. The zero-order valence-electron chi connectivity index (χ0n) is 11.6. The Morgan fingerprint density at radius 1 is 0.714 bits per heavy atom. The van der Waals surface area contributed by atoms with Crippen molar-refractivity contribution in [2.75, 3.05) is 0 Å². The molecule has 0 aromatic heterocycles. The van der Waals surface area contributed by atoms with Gasteiger partial charge in [-0.3, -0.25) is 0 Å². The molecule has 0 rings (SSSR count). The van der Waals surface area contributed by atoms with Gasteiger partial charge in [-0.25, -0.2) is 0 Å². The quantitative estimate of drug-likeness (QED) is 0.589. The van der Waals surface area contributed by atoms with Crippen LogP contribution in [0.5, 0.6) is 0 Å². The van der Waals surface area contributed by atoms with Gasteiger partial charge in [0.15, 0.2) is 0 Å². The summed E-state index contributed by atoms with van der Waals surface area (Å²) in [6, 6.07) is 0. The van der Waals surface area contributed by atoms with Crippen molar-refractivity contribution in [1.82, 2.24) is 0 Å². The van der Waals surface area contributed by atoms with Crippen LogP contribution in [0.2, 0.25) is 0 Å². The standard InChI is InChI=1S/C14H30/c1-9-11(10-2)12(13(3,4)5)14(6,7)8/h11-12H,9-10H2,1-8H3. The Balaban J connectivity index is 4.91. The second-order valence-electron chi connectivity index (χ2n) is 6.79. The highest BCUT2D eigenvalue weighted by atomic mass is 14.4. The lowest BCUT2D eigenvalue weighted by molar-refractivity contribution is 0.0384. The summed E-state index contributed by atoms with van der Waals surface area (Å²) in [5.41, 5.74) is 0.851. The van der Waals surface area contributed by atoms with Gasteiger partial charge in [-0.15, -0.1) is 0 Å². The molecule has 0 aliphatic carbocycles. The summed E-state index contributed by atoms with van der Waals surface area (Å²) < 4.78 is 0. The van der Waals surface area contributed by atoms with Gasteiger partial charge in [0.05, 0.1) is 0 Å². The summed E-state index contributed by atoms with van der Waals surface area (Å²) in [7, 11) is 0. The van der Waals surface area contributed by atoms with Crippen molar-refractivity contribution in [2.24, 2.45) is 22.7 Å². The van der Waals surface area contributed by atoms with Crippen LogP contribution in [0.1, 0.15) is 68.2 Å². The first-order chi connectivity index (χ1) is 6.14. The van der Waals surface area contributed by atoms with Gasteiger partial charge >= 0.3 is 0 Å². The minimum Gasteiger partial charge on any atom is -0.0651 e. The lowest BCUT2D eigenvalue weighted by Crippen LogP contribution is -2.38. The van der Waals surface area contributed by atoms with Crippen LogP contribution in [0.4, 0.5) is 0 Å². The summed E-state index contributed by atoms with van der Waals surface area (Å²) in [4.78, 5) is 0. The smallest absolute Gasteiger partial charge is 0.0288 e. The highest BCUT2D eigenvalue weighted by molar-refractivity contribution is 4.87. The summed E-state index contributed by atoms with van der Waals surface area (Å²) in [5, 5.41) is 0. The van der Waals surface area contributed by atoms with Gasteiger partial charge in [0.1, 0.15) is 0 Å². The van der Waals surface area contributed by atoms with Gasteiger partial charge in [0.2, 0.25) is 0 Å². The zero-order chi connectivity index (χ0) is 11.6. The fraction of sp³-hybridized carbons (Fsp3) is 1.00. The third-order valence-corrected chi connectivity index (χ3v) is 3.39. The van der Waals surface area contributed by atoms with Crippen LogP contribution in [0.15, 0.2) is 0 Å². The Kier molecular flexibility index (Phi) is 4.68. The van der Waals surface area contributed by atoms with Crippen LogP contribution in [-0.2, 0) is 0 Å². The van der Waals surface area contributed by atoms with Crippen molar-refractivity contribution in [3.05, 3.63) is 0 Å². The van der Waals surface area contributed by atoms with Crippen molar-refractivity contribution >= 4 is 0 Å². The van der Waals surface area contributed by atoms with E-state index in [9.17, 15) is 0 Å². The first-order valence-electron chi connectivity index (χ1n) is 6.14. The lowest BCUT2D eigenvalue weighted by atomic mass is 9.60. The molecule has 0 aromatic rings. The molecule has 0 heteroatoms. The van der Waals surface area contributed by atoms with Crippen LogP contribution >= 0.6 is 0 Å². The second kappa shape index (κ2) is 4.68. The molecule has 0 atom stereocenters. The summed E-state index contributed by atoms with van der Waals surface area (Å²) >= 11 is 0. The van der Waals surface area contributed by atoms with Crippen LogP contribution in [0.25, 0.3) is 0 Å². The summed E-state index contributed by atoms with van der Waals surface area (Å²) in [5.74, 6) is 1.68. The van der Waals surface area contributed by atoms with Crippen LogP contribution in [0, 0.1) is 22.7 Å². The molecular weight excluding hydrogens is 168 g/mol. The Hall–Kier alpha value is 0. The molecule has 0 saturated carbocycles. The average molecular weight is 198 g/mol. The third-order valence-electron chi connectivity index (χ3n) is 3.39. The molecule has 0 N–H and O–H groups in total. The number of rotatable bonds is 3. The molecule has 0 heterocycles. The molecule has 0 aliphatic heterocycles. The van der Waals surface area contributed by atoms with Crippen molar-refractivity contribution in [1.29, 1.82) is 0 Å². The molecule has 0 radical (unpaired) electrons. The monoisotopic (exact) mass is 198 g/mol. The maximum atomic E-state index is 2.39. The maximum absolute atomic E-state index is 2.39. The van der Waals surface area contributed by atoms with Gasteiger partial charge in [-0.1, -0.05) is 68.2 Å². The molecule has 0 spiro atoms. The molecule has 0 bridgehead atoms. The van der Waals surface area contributed by atoms with Crippen molar-refractivity contribution in [2.45, 2.75) is 68.2 Å². The minimum absolute atomic E-state index is 0.426. The van der Waals surface area contributed by atoms with Crippen molar-refractivity contribution < 1.29 is 0 Å². The zero-order valence-corrected chi connectivity index (χ0v) is 11.6. The van der Waals surface area contributed by atoms with Gasteiger partial charge in [-0.2, -0.15) is 0 Å². The van der Waals surface area contributed by atoms with Crippen LogP contribution < -0.4 is 0 Å². The lowest BCUT2D eigenvalue weighted by Gasteiger charge is -2.45. The molecule has 14 heavy (non-hydrogen) atoms. The van der Waals surface area contributed by atoms with E-state index in [-0.39, 0.29) is 0 Å². The van der Waals surface area contributed by atoms with Crippen molar-refractivity contribution in [3.63, 3.8) is 0 Å². The van der Waals surface area contributed by atoms with E-state index in [1.165, 1.54) is 12.8 Å². The number of hydrogen-bond acceptors (Lipinski definition) is 0. The van der Waals surface area contributed by atoms with E-state index in [1.54, 1.807) is 0 Å². The SMILES string of the molecule is CCC(CC)C(C(C)(C)C)C(C)(C)C. The Morgan fingerprint density at radius 3 is 1.07 bits per heavy atom. The first kappa shape index (κ1) is 14.0. The molecule has 0 aromatic carbocycles. The molecule has 0 fully saturated rings. The molecule has 0 nitrogen and oxygen atoms in total. The van der Waals surface area contributed by atoms with E-state index in [0.29, 0.717) is 10.8 Å². The van der Waals surface area contributed by atoms with Gasteiger partial charge in [-0.05, 0) is 22.7 Å². The first-order valence-corrected chi connectivity index (χ1v) is 6.14. The molecule has 0 aliphatic rings. The fourth-order valence-corrected chi connectivity index (χ4v) is 3.47. The summed E-state index contributed by atoms with van der Waals surface area (Å²) in [6.45, 7) is 19.0.